The topological polar surface area (TPSA) is 38.7 Å². The molecular formula is C15H21BrO3. The molecule has 0 unspecified atom stereocenters. The second-order valence-electron chi connectivity index (χ2n) is 5.19. The Bertz CT molecular complexity index is 363. The standard InChI is InChI=1S/C15H21BrO3/c1-3-5-6-7-13-15-9-14(19-13)11(17)8-10(16)12(4-2)18-15/h1,5-6,10-15,17H,4,7-9H2,2H3/t10-,11+,12+,13+,14+,15+/m0/s1. The Morgan fingerprint density at radius 2 is 2.05 bits per heavy atom. The van der Waals surface area contributed by atoms with Gasteiger partial charge in [0.05, 0.1) is 30.5 Å². The molecule has 3 nitrogen and oxygen atoms in total. The largest absolute Gasteiger partial charge is 0.390 e. The van der Waals surface area contributed by atoms with Crippen LogP contribution in [0.15, 0.2) is 12.2 Å². The quantitative estimate of drug-likeness (QED) is 0.638. The van der Waals surface area contributed by atoms with Crippen molar-refractivity contribution in [1.82, 2.24) is 0 Å². The Balaban J connectivity index is 2.07. The highest BCUT2D eigenvalue weighted by Gasteiger charge is 2.43. The maximum Gasteiger partial charge on any atom is 0.0877 e. The first kappa shape index (κ1) is 15.1. The van der Waals surface area contributed by atoms with Crippen LogP contribution >= 0.6 is 15.9 Å². The van der Waals surface area contributed by atoms with Crippen LogP contribution in [-0.2, 0) is 9.47 Å². The van der Waals surface area contributed by atoms with Crippen LogP contribution in [0.2, 0.25) is 0 Å². The van der Waals surface area contributed by atoms with Crippen molar-refractivity contribution in [3.05, 3.63) is 12.2 Å². The molecule has 6 atom stereocenters. The van der Waals surface area contributed by atoms with E-state index in [9.17, 15) is 5.11 Å². The first-order valence-corrected chi connectivity index (χ1v) is 7.81. The van der Waals surface area contributed by atoms with Crippen molar-refractivity contribution in [3.63, 3.8) is 0 Å². The fourth-order valence-corrected chi connectivity index (χ4v) is 3.69. The van der Waals surface area contributed by atoms with Crippen molar-refractivity contribution >= 4 is 15.9 Å². The molecule has 2 fully saturated rings. The maximum absolute atomic E-state index is 10.2. The van der Waals surface area contributed by atoms with Crippen LogP contribution in [0.4, 0.5) is 0 Å². The Labute approximate surface area is 123 Å². The summed E-state index contributed by atoms with van der Waals surface area (Å²) in [6.45, 7) is 2.10. The second kappa shape index (κ2) is 6.90. The van der Waals surface area contributed by atoms with Crippen LogP contribution in [0.25, 0.3) is 0 Å². The zero-order valence-corrected chi connectivity index (χ0v) is 12.8. The minimum absolute atomic E-state index is 0.00361. The molecule has 0 spiro atoms. The molecule has 0 aromatic carbocycles. The third-order valence-corrected chi connectivity index (χ3v) is 4.83. The average Bonchev–Trinajstić information content (AvgIpc) is 2.79. The Morgan fingerprint density at radius 3 is 2.74 bits per heavy atom. The molecule has 4 heteroatoms. The van der Waals surface area contributed by atoms with E-state index in [-0.39, 0.29) is 29.2 Å². The molecular weight excluding hydrogens is 308 g/mol. The summed E-state index contributed by atoms with van der Waals surface area (Å²) in [5.41, 5.74) is 0. The molecule has 2 heterocycles. The van der Waals surface area contributed by atoms with Crippen molar-refractivity contribution in [2.75, 3.05) is 0 Å². The molecule has 2 aliphatic heterocycles. The maximum atomic E-state index is 10.2. The number of aliphatic hydroxyl groups excluding tert-OH is 1. The van der Waals surface area contributed by atoms with E-state index in [0.29, 0.717) is 6.42 Å². The summed E-state index contributed by atoms with van der Waals surface area (Å²) < 4.78 is 12.1. The van der Waals surface area contributed by atoms with Gasteiger partial charge in [0, 0.05) is 11.2 Å². The zero-order valence-electron chi connectivity index (χ0n) is 11.2. The first-order valence-electron chi connectivity index (χ1n) is 6.89. The summed E-state index contributed by atoms with van der Waals surface area (Å²) in [6, 6.07) is 0. The molecule has 0 saturated carbocycles. The lowest BCUT2D eigenvalue weighted by atomic mass is 9.97. The van der Waals surface area contributed by atoms with E-state index in [2.05, 4.69) is 28.8 Å². The van der Waals surface area contributed by atoms with Crippen LogP contribution in [0, 0.1) is 12.3 Å². The lowest BCUT2D eigenvalue weighted by molar-refractivity contribution is -0.0532. The van der Waals surface area contributed by atoms with Gasteiger partial charge in [-0.3, -0.25) is 0 Å². The zero-order chi connectivity index (χ0) is 13.8. The van der Waals surface area contributed by atoms with Gasteiger partial charge in [-0.1, -0.05) is 34.9 Å². The van der Waals surface area contributed by atoms with Gasteiger partial charge in [-0.15, -0.1) is 6.42 Å². The van der Waals surface area contributed by atoms with Gasteiger partial charge in [-0.2, -0.15) is 0 Å². The molecule has 1 N–H and O–H groups in total. The monoisotopic (exact) mass is 328 g/mol. The Kier molecular flexibility index (Phi) is 5.47. The SMILES string of the molecule is C#CC=CC[C@H]1O[C@@H]2C[C@H]1O[C@H](CC)[C@@H](Br)C[C@H]2O. The van der Waals surface area contributed by atoms with Crippen molar-refractivity contribution in [1.29, 1.82) is 0 Å². The summed E-state index contributed by atoms with van der Waals surface area (Å²) in [7, 11) is 0. The van der Waals surface area contributed by atoms with Crippen LogP contribution in [0.1, 0.15) is 32.6 Å². The van der Waals surface area contributed by atoms with Gasteiger partial charge in [0.2, 0.25) is 0 Å². The third-order valence-electron chi connectivity index (χ3n) is 3.86. The molecule has 2 aliphatic rings. The normalized spacial score (nSPS) is 42.8. The molecule has 2 bridgehead atoms. The van der Waals surface area contributed by atoms with Crippen LogP contribution < -0.4 is 0 Å². The number of hydrogen-bond donors (Lipinski definition) is 1. The van der Waals surface area contributed by atoms with Gasteiger partial charge in [-0.25, -0.2) is 0 Å². The molecule has 19 heavy (non-hydrogen) atoms. The van der Waals surface area contributed by atoms with Crippen molar-refractivity contribution in [2.24, 2.45) is 0 Å². The number of aliphatic hydroxyl groups is 1. The number of terminal acetylenes is 1. The smallest absolute Gasteiger partial charge is 0.0877 e. The van der Waals surface area contributed by atoms with E-state index < -0.39 is 6.10 Å². The van der Waals surface area contributed by atoms with Crippen LogP contribution in [-0.4, -0.2) is 40.5 Å². The first-order chi connectivity index (χ1) is 9.15. The van der Waals surface area contributed by atoms with E-state index in [1.165, 1.54) is 0 Å². The van der Waals surface area contributed by atoms with E-state index in [1.807, 2.05) is 6.08 Å². The van der Waals surface area contributed by atoms with Crippen molar-refractivity contribution in [2.45, 2.75) is 68.0 Å². The summed E-state index contributed by atoms with van der Waals surface area (Å²) in [5.74, 6) is 2.48. The highest BCUT2D eigenvalue weighted by Crippen LogP contribution is 2.35. The van der Waals surface area contributed by atoms with Gasteiger partial charge in [0.25, 0.3) is 0 Å². The number of ether oxygens (including phenoxy) is 2. The highest BCUT2D eigenvalue weighted by atomic mass is 79.9. The molecule has 2 saturated heterocycles. The lowest BCUT2D eigenvalue weighted by Gasteiger charge is -2.30. The molecule has 0 aromatic heterocycles. The summed E-state index contributed by atoms with van der Waals surface area (Å²) in [5, 5.41) is 10.2. The predicted molar refractivity (Wildman–Crippen MR) is 78.2 cm³/mol. The summed E-state index contributed by atoms with van der Waals surface area (Å²) >= 11 is 3.63. The predicted octanol–water partition coefficient (Wildman–Crippen LogP) is 2.42. The Hall–Kier alpha value is -0.340. The van der Waals surface area contributed by atoms with Crippen molar-refractivity contribution in [3.8, 4) is 12.3 Å². The molecule has 0 amide bonds. The van der Waals surface area contributed by atoms with Gasteiger partial charge in [0.1, 0.15) is 0 Å². The van der Waals surface area contributed by atoms with Crippen molar-refractivity contribution < 1.29 is 14.6 Å². The van der Waals surface area contributed by atoms with Gasteiger partial charge < -0.3 is 14.6 Å². The fourth-order valence-electron chi connectivity index (χ4n) is 2.81. The summed E-state index contributed by atoms with van der Waals surface area (Å²) in [4.78, 5) is 0.182. The van der Waals surface area contributed by atoms with E-state index >= 15 is 0 Å². The Morgan fingerprint density at radius 1 is 1.32 bits per heavy atom. The number of halogens is 1. The molecule has 2 rings (SSSR count). The number of alkyl halides is 1. The van der Waals surface area contributed by atoms with Gasteiger partial charge >= 0.3 is 0 Å². The number of fused-ring (bicyclic) bond motifs is 2. The molecule has 0 radical (unpaired) electrons. The minimum Gasteiger partial charge on any atom is -0.390 e. The van der Waals surface area contributed by atoms with Gasteiger partial charge in [-0.05, 0) is 25.3 Å². The number of hydrogen-bond acceptors (Lipinski definition) is 3. The number of rotatable bonds is 3. The fraction of sp³-hybridized carbons (Fsp3) is 0.733. The lowest BCUT2D eigenvalue weighted by Crippen LogP contribution is -2.38. The molecule has 0 aliphatic carbocycles. The average molecular weight is 329 g/mol. The third kappa shape index (κ3) is 3.61. The van der Waals surface area contributed by atoms with E-state index in [4.69, 9.17) is 15.9 Å². The van der Waals surface area contributed by atoms with Crippen LogP contribution in [0.3, 0.4) is 0 Å². The number of allylic oxidation sites excluding steroid dienone is 1. The van der Waals surface area contributed by atoms with E-state index in [1.54, 1.807) is 6.08 Å². The van der Waals surface area contributed by atoms with E-state index in [0.717, 1.165) is 19.3 Å². The second-order valence-corrected chi connectivity index (χ2v) is 6.37. The minimum atomic E-state index is -0.425. The van der Waals surface area contributed by atoms with Crippen LogP contribution in [0.5, 0.6) is 0 Å². The highest BCUT2D eigenvalue weighted by molar-refractivity contribution is 9.09. The van der Waals surface area contributed by atoms with Gasteiger partial charge in [0.15, 0.2) is 0 Å². The molecule has 0 aromatic rings. The summed E-state index contributed by atoms with van der Waals surface area (Å²) in [6.07, 6.45) is 11.6. The molecule has 106 valence electrons.